The number of benzene rings is 2. The van der Waals surface area contributed by atoms with Crippen LogP contribution in [0.3, 0.4) is 0 Å². The number of rotatable bonds is 7. The van der Waals surface area contributed by atoms with E-state index >= 15 is 0 Å². The summed E-state index contributed by atoms with van der Waals surface area (Å²) in [5.74, 6) is 1.75. The van der Waals surface area contributed by atoms with Crippen molar-refractivity contribution in [1.29, 1.82) is 0 Å². The Kier molecular flexibility index (Phi) is 8.04. The lowest BCUT2D eigenvalue weighted by Gasteiger charge is -2.55. The lowest BCUT2D eigenvalue weighted by atomic mass is 9.65. The van der Waals surface area contributed by atoms with Crippen LogP contribution in [0.2, 0.25) is 0 Å². The number of methoxy groups -OCH3 is 3. The van der Waals surface area contributed by atoms with Gasteiger partial charge in [-0.05, 0) is 62.3 Å². The number of carbonyl (C=O) groups excluding carboxylic acids is 1. The van der Waals surface area contributed by atoms with Gasteiger partial charge in [0.1, 0.15) is 11.5 Å². The summed E-state index contributed by atoms with van der Waals surface area (Å²) in [6, 6.07) is 10.9. The molecule has 1 amide bonds. The molecule has 3 aliphatic rings. The van der Waals surface area contributed by atoms with E-state index in [2.05, 4.69) is 67.8 Å². The summed E-state index contributed by atoms with van der Waals surface area (Å²) in [4.78, 5) is 19.0. The van der Waals surface area contributed by atoms with E-state index in [1.807, 2.05) is 6.07 Å². The number of ether oxygens (including phenoxy) is 3. The molecule has 6 nitrogen and oxygen atoms in total. The monoisotopic (exact) mass is 546 g/mol. The number of nitrogens with zero attached hydrogens (tertiary/aromatic N) is 2. The number of likely N-dealkylation sites (tertiary alicyclic amines) is 2. The fourth-order valence-electron chi connectivity index (χ4n) is 7.69. The maximum Gasteiger partial charge on any atom is 0.227 e. The normalized spacial score (nSPS) is 23.2. The number of hydrogen-bond acceptors (Lipinski definition) is 5. The van der Waals surface area contributed by atoms with Crippen LogP contribution in [0.4, 0.5) is 0 Å². The van der Waals surface area contributed by atoms with Gasteiger partial charge in [-0.1, -0.05) is 49.2 Å². The van der Waals surface area contributed by atoms with Gasteiger partial charge < -0.3 is 19.1 Å². The first-order valence-electron chi connectivity index (χ1n) is 14.7. The van der Waals surface area contributed by atoms with E-state index in [4.69, 9.17) is 14.2 Å². The first-order chi connectivity index (χ1) is 19.1. The molecule has 2 aromatic carbocycles. The van der Waals surface area contributed by atoms with Gasteiger partial charge in [0.15, 0.2) is 0 Å². The molecule has 1 unspecified atom stereocenters. The van der Waals surface area contributed by atoms with E-state index in [0.29, 0.717) is 19.6 Å². The Bertz CT molecular complexity index is 1270. The van der Waals surface area contributed by atoms with E-state index in [0.717, 1.165) is 56.0 Å². The van der Waals surface area contributed by atoms with Gasteiger partial charge >= 0.3 is 0 Å². The minimum absolute atomic E-state index is 0.103. The molecule has 2 aliphatic heterocycles. The molecule has 0 radical (unpaired) electrons. The van der Waals surface area contributed by atoms with Gasteiger partial charge in [0.2, 0.25) is 5.91 Å². The van der Waals surface area contributed by atoms with Crippen molar-refractivity contribution in [3.05, 3.63) is 69.8 Å². The average Bonchev–Trinajstić information content (AvgIpc) is 2.90. The summed E-state index contributed by atoms with van der Waals surface area (Å²) in [5.41, 5.74) is 7.17. The zero-order valence-electron chi connectivity index (χ0n) is 25.4. The third-order valence-electron chi connectivity index (χ3n) is 9.34. The number of fused-ring (bicyclic) bond motifs is 4. The maximum absolute atomic E-state index is 14.3. The lowest BCUT2D eigenvalue weighted by Crippen LogP contribution is -2.63. The fraction of sp³-hybridized carbons (Fsp3) is 0.559. The molecule has 1 atom stereocenters. The molecule has 2 saturated heterocycles. The summed E-state index contributed by atoms with van der Waals surface area (Å²) in [5, 5.41) is 0. The number of allylic oxidation sites excluding steroid dienone is 1. The Morgan fingerprint density at radius 2 is 1.62 bits per heavy atom. The van der Waals surface area contributed by atoms with E-state index in [-0.39, 0.29) is 22.8 Å². The number of aryl methyl sites for hydroxylation is 2. The predicted octanol–water partition coefficient (Wildman–Crippen LogP) is 5.61. The lowest BCUT2D eigenvalue weighted by molar-refractivity contribution is -0.147. The largest absolute Gasteiger partial charge is 0.497 e. The summed E-state index contributed by atoms with van der Waals surface area (Å²) < 4.78 is 17.0. The first-order valence-corrected chi connectivity index (χ1v) is 14.7. The number of hydrogen-bond donors (Lipinski definition) is 0. The van der Waals surface area contributed by atoms with Crippen molar-refractivity contribution in [2.24, 2.45) is 5.92 Å². The minimum Gasteiger partial charge on any atom is -0.497 e. The number of amides is 1. The molecule has 2 fully saturated rings. The van der Waals surface area contributed by atoms with E-state index in [1.54, 1.807) is 21.3 Å². The van der Waals surface area contributed by atoms with Crippen LogP contribution < -0.4 is 9.47 Å². The van der Waals surface area contributed by atoms with Gasteiger partial charge in [0, 0.05) is 56.3 Å². The molecule has 1 aliphatic carbocycles. The molecule has 6 heteroatoms. The van der Waals surface area contributed by atoms with Crippen molar-refractivity contribution in [2.45, 2.75) is 70.9 Å². The first kappa shape index (κ1) is 28.7. The standard InChI is InChI=1S/C34H46N2O4/c1-23-14-24(2)16-25(15-23)22-35-10-8-34(9-11-35)28-18-27(32(37)36(34)12-13-38-5)17-26-19-29(39-6)20-30(40-7)31(26)33(3,4)21-28/h14-16,19-21,27H,8-13,17-18,22H2,1-7H3/b28-21+. The molecule has 0 saturated carbocycles. The van der Waals surface area contributed by atoms with Gasteiger partial charge in [0.25, 0.3) is 0 Å². The Labute approximate surface area is 240 Å². The molecular weight excluding hydrogens is 500 g/mol. The molecular formula is C34H46N2O4. The summed E-state index contributed by atoms with van der Waals surface area (Å²) in [7, 11) is 5.13. The van der Waals surface area contributed by atoms with Crippen molar-refractivity contribution in [3.63, 3.8) is 0 Å². The molecule has 5 rings (SSSR count). The Morgan fingerprint density at radius 1 is 0.925 bits per heavy atom. The zero-order valence-corrected chi connectivity index (χ0v) is 25.4. The molecule has 0 aromatic heterocycles. The SMILES string of the molecule is COCCN1C(=O)C2C/C(=C\C(C)(C)c3c(cc(OC)cc3OC)C2)C12CCN(Cc1cc(C)cc(C)c1)CC2. The van der Waals surface area contributed by atoms with Crippen LogP contribution in [-0.4, -0.2) is 68.8 Å². The van der Waals surface area contributed by atoms with Crippen LogP contribution in [0.15, 0.2) is 42.0 Å². The van der Waals surface area contributed by atoms with E-state index in [1.165, 1.54) is 27.8 Å². The van der Waals surface area contributed by atoms with Crippen molar-refractivity contribution >= 4 is 5.91 Å². The van der Waals surface area contributed by atoms with Gasteiger partial charge in [-0.2, -0.15) is 0 Å². The average molecular weight is 547 g/mol. The summed E-state index contributed by atoms with van der Waals surface area (Å²) >= 11 is 0. The number of piperidine rings is 2. The second kappa shape index (κ2) is 11.2. The van der Waals surface area contributed by atoms with Gasteiger partial charge in [-0.3, -0.25) is 9.69 Å². The molecule has 2 bridgehead atoms. The highest BCUT2D eigenvalue weighted by Gasteiger charge is 2.52. The van der Waals surface area contributed by atoms with Crippen molar-refractivity contribution in [2.75, 3.05) is 47.6 Å². The van der Waals surface area contributed by atoms with Crippen LogP contribution in [0.1, 0.15) is 60.9 Å². The quantitative estimate of drug-likeness (QED) is 0.423. The van der Waals surface area contributed by atoms with Crippen molar-refractivity contribution < 1.29 is 19.0 Å². The molecule has 40 heavy (non-hydrogen) atoms. The molecule has 216 valence electrons. The Balaban J connectivity index is 1.53. The second-order valence-electron chi connectivity index (χ2n) is 12.6. The third kappa shape index (κ3) is 5.28. The van der Waals surface area contributed by atoms with E-state index in [9.17, 15) is 4.79 Å². The van der Waals surface area contributed by atoms with Gasteiger partial charge in [-0.25, -0.2) is 0 Å². The smallest absolute Gasteiger partial charge is 0.227 e. The summed E-state index contributed by atoms with van der Waals surface area (Å²) in [6.45, 7) is 12.9. The van der Waals surface area contributed by atoms with E-state index < -0.39 is 0 Å². The fourth-order valence-corrected chi connectivity index (χ4v) is 7.69. The Morgan fingerprint density at radius 3 is 2.25 bits per heavy atom. The predicted molar refractivity (Wildman–Crippen MR) is 159 cm³/mol. The second-order valence-corrected chi connectivity index (χ2v) is 12.6. The Hall–Kier alpha value is -2.83. The highest BCUT2D eigenvalue weighted by molar-refractivity contribution is 5.83. The van der Waals surface area contributed by atoms with Crippen LogP contribution in [-0.2, 0) is 27.9 Å². The molecule has 2 heterocycles. The van der Waals surface area contributed by atoms with Gasteiger partial charge in [0.05, 0.1) is 26.4 Å². The molecule has 1 spiro atoms. The zero-order chi connectivity index (χ0) is 28.7. The minimum atomic E-state index is -0.278. The van der Waals surface area contributed by atoms with Crippen molar-refractivity contribution in [1.82, 2.24) is 9.80 Å². The third-order valence-corrected chi connectivity index (χ3v) is 9.34. The van der Waals surface area contributed by atoms with Crippen LogP contribution in [0, 0.1) is 19.8 Å². The molecule has 0 N–H and O–H groups in total. The van der Waals surface area contributed by atoms with Gasteiger partial charge in [-0.15, -0.1) is 0 Å². The van der Waals surface area contributed by atoms with Crippen LogP contribution in [0.5, 0.6) is 11.5 Å². The molecule has 2 aromatic rings. The van der Waals surface area contributed by atoms with Crippen molar-refractivity contribution in [3.8, 4) is 11.5 Å². The highest BCUT2D eigenvalue weighted by Crippen LogP contribution is 2.50. The van der Waals surface area contributed by atoms with Crippen LogP contribution in [0.25, 0.3) is 0 Å². The maximum atomic E-state index is 14.3. The van der Waals surface area contributed by atoms with Crippen LogP contribution >= 0.6 is 0 Å². The summed E-state index contributed by atoms with van der Waals surface area (Å²) in [6.07, 6.45) is 5.84. The number of carbonyl (C=O) groups is 1. The highest BCUT2D eigenvalue weighted by atomic mass is 16.5. The topological polar surface area (TPSA) is 51.2 Å².